The van der Waals surface area contributed by atoms with Gasteiger partial charge in [-0.25, -0.2) is 4.98 Å². The third-order valence-corrected chi connectivity index (χ3v) is 4.78. The van der Waals surface area contributed by atoms with Crippen LogP contribution in [0.3, 0.4) is 0 Å². The summed E-state index contributed by atoms with van der Waals surface area (Å²) in [6.07, 6.45) is 4.42. The fourth-order valence-corrected chi connectivity index (χ4v) is 3.24. The Labute approximate surface area is 160 Å². The molecule has 2 amide bonds. The second-order valence-corrected chi connectivity index (χ2v) is 6.78. The van der Waals surface area contributed by atoms with Crippen molar-refractivity contribution < 1.29 is 9.59 Å². The molecule has 2 aromatic rings. The summed E-state index contributed by atoms with van der Waals surface area (Å²) >= 11 is 0. The zero-order chi connectivity index (χ0) is 19.2. The van der Waals surface area contributed by atoms with E-state index in [0.29, 0.717) is 23.6 Å². The summed E-state index contributed by atoms with van der Waals surface area (Å²) in [5, 5.41) is 6.10. The Morgan fingerprint density at radius 2 is 2.07 bits per heavy atom. The number of anilines is 2. The molecule has 142 valence electrons. The van der Waals surface area contributed by atoms with Gasteiger partial charge in [0.2, 0.25) is 5.91 Å². The summed E-state index contributed by atoms with van der Waals surface area (Å²) in [7, 11) is 0. The maximum Gasteiger partial charge on any atom is 0.253 e. The molecule has 1 atom stereocenters. The molecule has 1 aliphatic rings. The molecule has 27 heavy (non-hydrogen) atoms. The van der Waals surface area contributed by atoms with Crippen LogP contribution in [0.5, 0.6) is 0 Å². The average Bonchev–Trinajstić information content (AvgIpc) is 2.70. The predicted molar refractivity (Wildman–Crippen MR) is 107 cm³/mol. The van der Waals surface area contributed by atoms with Crippen LogP contribution in [0.25, 0.3) is 0 Å². The minimum absolute atomic E-state index is 0.0388. The number of amides is 2. The highest BCUT2D eigenvalue weighted by atomic mass is 16.2. The van der Waals surface area contributed by atoms with E-state index in [4.69, 9.17) is 0 Å². The lowest BCUT2D eigenvalue weighted by atomic mass is 10.1. The number of aromatic nitrogens is 1. The number of benzene rings is 1. The fourth-order valence-electron chi connectivity index (χ4n) is 3.24. The standard InChI is InChI=1S/C21H26N4O2/c1-3-8-17(4-2)24-21(27)16-11-18-20(22-12-16)23-13-19(26)25(18)14-15-9-6-5-7-10-15/h5-7,9-12,17H,3-4,8,13-14H2,1-2H3,(H,22,23)(H,24,27). The van der Waals surface area contributed by atoms with Crippen LogP contribution in [0.2, 0.25) is 0 Å². The molecule has 0 fully saturated rings. The Kier molecular flexibility index (Phi) is 6.06. The van der Waals surface area contributed by atoms with Gasteiger partial charge in [0, 0.05) is 12.2 Å². The Bertz CT molecular complexity index is 807. The molecule has 0 aliphatic carbocycles. The number of carbonyl (C=O) groups is 2. The van der Waals surface area contributed by atoms with E-state index in [2.05, 4.69) is 29.5 Å². The first kappa shape index (κ1) is 18.9. The molecule has 0 saturated carbocycles. The number of nitrogens with zero attached hydrogens (tertiary/aromatic N) is 2. The minimum Gasteiger partial charge on any atom is -0.359 e. The fraction of sp³-hybridized carbons (Fsp3) is 0.381. The first-order valence-electron chi connectivity index (χ1n) is 9.51. The molecule has 1 unspecified atom stereocenters. The lowest BCUT2D eigenvalue weighted by molar-refractivity contribution is -0.117. The number of nitrogens with one attached hydrogen (secondary N) is 2. The van der Waals surface area contributed by atoms with Crippen molar-refractivity contribution in [2.45, 2.75) is 45.7 Å². The summed E-state index contributed by atoms with van der Waals surface area (Å²) in [4.78, 5) is 31.2. The van der Waals surface area contributed by atoms with E-state index in [1.165, 1.54) is 0 Å². The van der Waals surface area contributed by atoms with Crippen molar-refractivity contribution in [1.82, 2.24) is 10.3 Å². The third kappa shape index (κ3) is 4.45. The second kappa shape index (κ2) is 8.66. The molecule has 2 heterocycles. The third-order valence-electron chi connectivity index (χ3n) is 4.78. The van der Waals surface area contributed by atoms with Crippen LogP contribution in [0.1, 0.15) is 49.0 Å². The molecular weight excluding hydrogens is 340 g/mol. The van der Waals surface area contributed by atoms with Gasteiger partial charge in [-0.05, 0) is 24.5 Å². The molecule has 2 N–H and O–H groups in total. The van der Waals surface area contributed by atoms with E-state index in [1.54, 1.807) is 17.2 Å². The van der Waals surface area contributed by atoms with Crippen molar-refractivity contribution in [3.63, 3.8) is 0 Å². The zero-order valence-corrected chi connectivity index (χ0v) is 15.9. The number of pyridine rings is 1. The number of carbonyl (C=O) groups excluding carboxylic acids is 2. The average molecular weight is 366 g/mol. The topological polar surface area (TPSA) is 74.3 Å². The van der Waals surface area contributed by atoms with Crippen LogP contribution in [-0.4, -0.2) is 29.4 Å². The molecule has 0 radical (unpaired) electrons. The number of rotatable bonds is 7. The summed E-state index contributed by atoms with van der Waals surface area (Å²) in [6.45, 7) is 4.82. The molecule has 3 rings (SSSR count). The quantitative estimate of drug-likeness (QED) is 0.788. The molecular formula is C21H26N4O2. The van der Waals surface area contributed by atoms with E-state index in [0.717, 1.165) is 24.8 Å². The summed E-state index contributed by atoms with van der Waals surface area (Å²) in [5.41, 5.74) is 2.15. The van der Waals surface area contributed by atoms with Crippen LogP contribution in [0.4, 0.5) is 11.5 Å². The molecule has 1 aromatic heterocycles. The Balaban J connectivity index is 1.85. The van der Waals surface area contributed by atoms with Crippen molar-refractivity contribution in [1.29, 1.82) is 0 Å². The number of hydrogen-bond donors (Lipinski definition) is 2. The maximum absolute atomic E-state index is 12.6. The van der Waals surface area contributed by atoms with E-state index < -0.39 is 0 Å². The van der Waals surface area contributed by atoms with Crippen molar-refractivity contribution in [3.05, 3.63) is 53.7 Å². The van der Waals surface area contributed by atoms with E-state index in [1.807, 2.05) is 30.3 Å². The Hall–Kier alpha value is -2.89. The monoisotopic (exact) mass is 366 g/mol. The van der Waals surface area contributed by atoms with Gasteiger partial charge in [-0.1, -0.05) is 50.6 Å². The summed E-state index contributed by atoms with van der Waals surface area (Å²) in [6, 6.07) is 11.7. The highest BCUT2D eigenvalue weighted by Gasteiger charge is 2.26. The molecule has 1 aliphatic heterocycles. The van der Waals surface area contributed by atoms with Gasteiger partial charge >= 0.3 is 0 Å². The van der Waals surface area contributed by atoms with Crippen LogP contribution >= 0.6 is 0 Å². The van der Waals surface area contributed by atoms with Gasteiger partial charge in [-0.2, -0.15) is 0 Å². The number of fused-ring (bicyclic) bond motifs is 1. The molecule has 6 nitrogen and oxygen atoms in total. The molecule has 1 aromatic carbocycles. The van der Waals surface area contributed by atoms with Gasteiger partial charge < -0.3 is 15.5 Å². The molecule has 0 bridgehead atoms. The summed E-state index contributed by atoms with van der Waals surface area (Å²) < 4.78 is 0. The smallest absolute Gasteiger partial charge is 0.253 e. The van der Waals surface area contributed by atoms with Crippen LogP contribution in [0, 0.1) is 0 Å². The van der Waals surface area contributed by atoms with Gasteiger partial charge in [0.25, 0.3) is 5.91 Å². The largest absolute Gasteiger partial charge is 0.359 e. The molecule has 0 saturated heterocycles. The second-order valence-electron chi connectivity index (χ2n) is 6.78. The van der Waals surface area contributed by atoms with Gasteiger partial charge in [0.1, 0.15) is 0 Å². The normalized spacial score (nSPS) is 14.3. The number of hydrogen-bond acceptors (Lipinski definition) is 4. The minimum atomic E-state index is -0.150. The van der Waals surface area contributed by atoms with E-state index >= 15 is 0 Å². The lowest BCUT2D eigenvalue weighted by Gasteiger charge is -2.30. The highest BCUT2D eigenvalue weighted by Crippen LogP contribution is 2.29. The van der Waals surface area contributed by atoms with Crippen molar-refractivity contribution >= 4 is 23.3 Å². The van der Waals surface area contributed by atoms with Crippen LogP contribution in [0.15, 0.2) is 42.6 Å². The predicted octanol–water partition coefficient (Wildman–Crippen LogP) is 3.35. The van der Waals surface area contributed by atoms with Crippen LogP contribution < -0.4 is 15.5 Å². The van der Waals surface area contributed by atoms with Crippen LogP contribution in [-0.2, 0) is 11.3 Å². The summed E-state index contributed by atoms with van der Waals surface area (Å²) in [5.74, 6) is 0.439. The molecule has 0 spiro atoms. The van der Waals surface area contributed by atoms with Gasteiger partial charge in [0.05, 0.1) is 24.3 Å². The highest BCUT2D eigenvalue weighted by molar-refractivity contribution is 6.04. The lowest BCUT2D eigenvalue weighted by Crippen LogP contribution is -2.40. The molecule has 6 heteroatoms. The van der Waals surface area contributed by atoms with Gasteiger partial charge in [-0.3, -0.25) is 9.59 Å². The van der Waals surface area contributed by atoms with Gasteiger partial charge in [0.15, 0.2) is 5.82 Å². The Morgan fingerprint density at radius 3 is 2.78 bits per heavy atom. The zero-order valence-electron chi connectivity index (χ0n) is 15.9. The maximum atomic E-state index is 12.6. The van der Waals surface area contributed by atoms with Gasteiger partial charge in [-0.15, -0.1) is 0 Å². The van der Waals surface area contributed by atoms with Crippen molar-refractivity contribution in [2.24, 2.45) is 0 Å². The first-order chi connectivity index (χ1) is 13.1. The van der Waals surface area contributed by atoms with E-state index in [-0.39, 0.29) is 24.4 Å². The SMILES string of the molecule is CCCC(CC)NC(=O)c1cnc2c(c1)N(Cc1ccccc1)C(=O)CN2. The van der Waals surface area contributed by atoms with E-state index in [9.17, 15) is 9.59 Å². The Morgan fingerprint density at radius 1 is 1.30 bits per heavy atom. The first-order valence-corrected chi connectivity index (χ1v) is 9.51. The van der Waals surface area contributed by atoms with Crippen molar-refractivity contribution in [3.8, 4) is 0 Å². The van der Waals surface area contributed by atoms with Crippen molar-refractivity contribution in [2.75, 3.05) is 16.8 Å².